The van der Waals surface area contributed by atoms with Crippen molar-refractivity contribution in [3.63, 3.8) is 0 Å². The van der Waals surface area contributed by atoms with Crippen molar-refractivity contribution in [3.8, 4) is 0 Å². The van der Waals surface area contributed by atoms with Gasteiger partial charge in [-0.2, -0.15) is 0 Å². The second-order valence-electron chi connectivity index (χ2n) is 5.69. The zero-order valence-corrected chi connectivity index (χ0v) is 16.1. The third kappa shape index (κ3) is 5.64. The Hall–Kier alpha value is -1.32. The maximum atomic E-state index is 5.90. The summed E-state index contributed by atoms with van der Waals surface area (Å²) in [5, 5.41) is 4.25. The number of benzene rings is 1. The van der Waals surface area contributed by atoms with E-state index in [1.54, 1.807) is 0 Å². The SMILES string of the molecule is I.NC(=NCc1cc2ccccc2o1)NCCCN1CCOCC1. The summed E-state index contributed by atoms with van der Waals surface area (Å²) in [5.41, 5.74) is 6.78. The summed E-state index contributed by atoms with van der Waals surface area (Å²) < 4.78 is 11.0. The van der Waals surface area contributed by atoms with Crippen LogP contribution in [0.1, 0.15) is 12.2 Å². The van der Waals surface area contributed by atoms with Gasteiger partial charge in [0.05, 0.1) is 13.2 Å². The number of aliphatic imine (C=N–C) groups is 1. The van der Waals surface area contributed by atoms with Crippen molar-refractivity contribution < 1.29 is 9.15 Å². The van der Waals surface area contributed by atoms with E-state index in [0.717, 1.165) is 62.5 Å². The molecule has 1 aliphatic heterocycles. The van der Waals surface area contributed by atoms with Crippen molar-refractivity contribution in [2.45, 2.75) is 13.0 Å². The fourth-order valence-electron chi connectivity index (χ4n) is 2.68. The molecule has 0 aliphatic carbocycles. The van der Waals surface area contributed by atoms with E-state index in [4.69, 9.17) is 14.9 Å². The van der Waals surface area contributed by atoms with Crippen LogP contribution >= 0.6 is 24.0 Å². The maximum absolute atomic E-state index is 5.90. The quantitative estimate of drug-likeness (QED) is 0.309. The third-order valence-electron chi connectivity index (χ3n) is 3.94. The lowest BCUT2D eigenvalue weighted by atomic mass is 10.2. The number of hydrogen-bond donors (Lipinski definition) is 2. The van der Waals surface area contributed by atoms with E-state index in [-0.39, 0.29) is 24.0 Å². The predicted molar refractivity (Wildman–Crippen MR) is 107 cm³/mol. The molecule has 3 N–H and O–H groups in total. The molecule has 1 fully saturated rings. The minimum absolute atomic E-state index is 0. The number of halogens is 1. The number of furan rings is 1. The van der Waals surface area contributed by atoms with Crippen molar-refractivity contribution in [1.29, 1.82) is 0 Å². The highest BCUT2D eigenvalue weighted by Crippen LogP contribution is 2.19. The Morgan fingerprint density at radius 2 is 2.04 bits per heavy atom. The molecule has 0 spiro atoms. The second kappa shape index (κ2) is 9.85. The van der Waals surface area contributed by atoms with Gasteiger partial charge in [0.15, 0.2) is 5.96 Å². The Bertz CT molecular complexity index is 620. The summed E-state index contributed by atoms with van der Waals surface area (Å²) in [6.45, 7) is 6.07. The van der Waals surface area contributed by atoms with Crippen LogP contribution < -0.4 is 11.1 Å². The number of ether oxygens (including phenoxy) is 1. The maximum Gasteiger partial charge on any atom is 0.189 e. The zero-order chi connectivity index (χ0) is 15.9. The summed E-state index contributed by atoms with van der Waals surface area (Å²) in [4.78, 5) is 6.74. The van der Waals surface area contributed by atoms with Gasteiger partial charge in [-0.1, -0.05) is 18.2 Å². The lowest BCUT2D eigenvalue weighted by Crippen LogP contribution is -2.39. The average molecular weight is 444 g/mol. The number of para-hydroxylation sites is 1. The van der Waals surface area contributed by atoms with Gasteiger partial charge in [-0.15, -0.1) is 24.0 Å². The van der Waals surface area contributed by atoms with Crippen molar-refractivity contribution in [2.75, 3.05) is 39.4 Å². The van der Waals surface area contributed by atoms with Gasteiger partial charge in [0.1, 0.15) is 17.9 Å². The van der Waals surface area contributed by atoms with Gasteiger partial charge < -0.3 is 20.2 Å². The predicted octanol–water partition coefficient (Wildman–Crippen LogP) is 2.18. The van der Waals surface area contributed by atoms with Crippen molar-refractivity contribution in [2.24, 2.45) is 10.7 Å². The van der Waals surface area contributed by atoms with Crippen LogP contribution in [0.2, 0.25) is 0 Å². The normalized spacial score (nSPS) is 16.1. The van der Waals surface area contributed by atoms with Gasteiger partial charge in [0, 0.05) is 25.0 Å². The molecule has 2 heterocycles. The van der Waals surface area contributed by atoms with Gasteiger partial charge in [0.25, 0.3) is 0 Å². The Balaban J connectivity index is 0.00000208. The molecule has 0 bridgehead atoms. The zero-order valence-electron chi connectivity index (χ0n) is 13.7. The Morgan fingerprint density at radius 1 is 1.25 bits per heavy atom. The van der Waals surface area contributed by atoms with Crippen LogP contribution in [0.4, 0.5) is 0 Å². The van der Waals surface area contributed by atoms with Crippen molar-refractivity contribution in [1.82, 2.24) is 10.2 Å². The first kappa shape index (κ1) is 19.0. The summed E-state index contributed by atoms with van der Waals surface area (Å²) in [6.07, 6.45) is 1.04. The highest BCUT2D eigenvalue weighted by Gasteiger charge is 2.09. The molecule has 1 aliphatic rings. The summed E-state index contributed by atoms with van der Waals surface area (Å²) in [5.74, 6) is 1.29. The van der Waals surface area contributed by atoms with Gasteiger partial charge in [-0.25, -0.2) is 4.99 Å². The third-order valence-corrected chi connectivity index (χ3v) is 3.94. The minimum atomic E-state index is 0. The molecule has 0 amide bonds. The fourth-order valence-corrected chi connectivity index (χ4v) is 2.68. The van der Waals surface area contributed by atoms with Gasteiger partial charge in [0.2, 0.25) is 0 Å². The molecular weight excluding hydrogens is 419 g/mol. The Labute approximate surface area is 159 Å². The van der Waals surface area contributed by atoms with E-state index in [0.29, 0.717) is 12.5 Å². The number of guanidine groups is 1. The molecule has 132 valence electrons. The molecule has 0 radical (unpaired) electrons. The molecule has 1 saturated heterocycles. The van der Waals surface area contributed by atoms with Crippen molar-refractivity contribution >= 4 is 40.9 Å². The van der Waals surface area contributed by atoms with E-state index < -0.39 is 0 Å². The fraction of sp³-hybridized carbons (Fsp3) is 0.471. The molecule has 1 aromatic carbocycles. The minimum Gasteiger partial charge on any atom is -0.459 e. The highest BCUT2D eigenvalue weighted by atomic mass is 127. The van der Waals surface area contributed by atoms with E-state index >= 15 is 0 Å². The molecule has 24 heavy (non-hydrogen) atoms. The molecule has 0 atom stereocenters. The number of nitrogens with zero attached hydrogens (tertiary/aromatic N) is 2. The highest BCUT2D eigenvalue weighted by molar-refractivity contribution is 14.0. The monoisotopic (exact) mass is 444 g/mol. The van der Waals surface area contributed by atoms with E-state index in [2.05, 4.69) is 15.2 Å². The smallest absolute Gasteiger partial charge is 0.189 e. The molecule has 2 aromatic rings. The first-order valence-corrected chi connectivity index (χ1v) is 8.12. The van der Waals surface area contributed by atoms with Crippen molar-refractivity contribution in [3.05, 3.63) is 36.1 Å². The van der Waals surface area contributed by atoms with Crippen LogP contribution in [-0.4, -0.2) is 50.3 Å². The number of nitrogens with two attached hydrogens (primary N) is 1. The topological polar surface area (TPSA) is 76.0 Å². The summed E-state index contributed by atoms with van der Waals surface area (Å²) in [6, 6.07) is 9.94. The number of fused-ring (bicyclic) bond motifs is 1. The molecule has 1 aromatic heterocycles. The van der Waals surface area contributed by atoms with E-state index in [9.17, 15) is 0 Å². The first-order chi connectivity index (χ1) is 11.3. The number of hydrogen-bond acceptors (Lipinski definition) is 4. The second-order valence-corrected chi connectivity index (χ2v) is 5.69. The van der Waals surface area contributed by atoms with Crippen LogP contribution in [0.15, 0.2) is 39.7 Å². The molecule has 3 rings (SSSR count). The Kier molecular flexibility index (Phi) is 7.80. The van der Waals surface area contributed by atoms with Crippen LogP contribution in [0.5, 0.6) is 0 Å². The molecule has 6 nitrogen and oxygen atoms in total. The lowest BCUT2D eigenvalue weighted by Gasteiger charge is -2.26. The Morgan fingerprint density at radius 3 is 2.83 bits per heavy atom. The molecule has 7 heteroatoms. The first-order valence-electron chi connectivity index (χ1n) is 8.12. The van der Waals surface area contributed by atoms with Crippen LogP contribution in [0.25, 0.3) is 11.0 Å². The average Bonchev–Trinajstić information content (AvgIpc) is 3.01. The van der Waals surface area contributed by atoms with Gasteiger partial charge in [-0.05, 0) is 25.1 Å². The van der Waals surface area contributed by atoms with Crippen LogP contribution in [-0.2, 0) is 11.3 Å². The standard InChI is InChI=1S/C17H24N4O2.HI/c18-17(19-6-3-7-21-8-10-22-11-9-21)20-13-15-12-14-4-1-2-5-16(14)23-15;/h1-2,4-5,12H,3,6-11,13H2,(H3,18,19,20);1H. The molecular formula is C17H25IN4O2. The number of morpholine rings is 1. The lowest BCUT2D eigenvalue weighted by molar-refractivity contribution is 0.0376. The van der Waals surface area contributed by atoms with E-state index in [1.165, 1.54) is 0 Å². The summed E-state index contributed by atoms with van der Waals surface area (Å²) >= 11 is 0. The summed E-state index contributed by atoms with van der Waals surface area (Å²) in [7, 11) is 0. The number of rotatable bonds is 6. The van der Waals surface area contributed by atoms with Crippen LogP contribution in [0.3, 0.4) is 0 Å². The van der Waals surface area contributed by atoms with Crippen LogP contribution in [0, 0.1) is 0 Å². The number of nitrogens with one attached hydrogen (secondary N) is 1. The van der Waals surface area contributed by atoms with E-state index in [1.807, 2.05) is 30.3 Å². The largest absolute Gasteiger partial charge is 0.459 e. The van der Waals surface area contributed by atoms with Gasteiger partial charge in [-0.3, -0.25) is 4.90 Å². The molecule has 0 saturated carbocycles. The molecule has 0 unspecified atom stereocenters. The van der Waals surface area contributed by atoms with Gasteiger partial charge >= 0.3 is 0 Å².